The van der Waals surface area contributed by atoms with Gasteiger partial charge in [-0.15, -0.1) is 0 Å². The average Bonchev–Trinajstić information content (AvgIpc) is 2.68. The lowest BCUT2D eigenvalue weighted by Crippen LogP contribution is -1.99. The highest BCUT2D eigenvalue weighted by Crippen LogP contribution is 2.07. The first-order valence-electron chi connectivity index (χ1n) is 12.2. The number of ether oxygens (including phenoxy) is 2. The minimum Gasteiger partial charge on any atom is -0.481 e. The Balaban J connectivity index is -0.000000193. The zero-order valence-corrected chi connectivity index (χ0v) is 22.0. The summed E-state index contributed by atoms with van der Waals surface area (Å²) < 4.78 is 9.64. The number of rotatable bonds is 15. The molecule has 0 heterocycles. The summed E-state index contributed by atoms with van der Waals surface area (Å²) in [5, 5.41) is 14.8. The third kappa shape index (κ3) is 81.5. The summed E-state index contributed by atoms with van der Waals surface area (Å²) in [4.78, 5) is 38.8. The lowest BCUT2D eigenvalue weighted by atomic mass is 10.1. The third-order valence-electron chi connectivity index (χ3n) is 3.86. The van der Waals surface area contributed by atoms with Crippen LogP contribution in [0.4, 0.5) is 0 Å². The standard InChI is InChI=1S/C11H22O2.C10H20O2.2C2H4O2/c1-3-4-5-6-7-8-9-10-13-11(2)12;1-3-4-5-6-7-8-9-12-10(2)11;2*1-2(3)4/h3-10H2,1-2H3;3-9H2,1-2H3;2*1H3,(H,3,4). The first-order chi connectivity index (χ1) is 15.5. The van der Waals surface area contributed by atoms with Crippen molar-refractivity contribution in [2.45, 2.75) is 125 Å². The molecule has 8 heteroatoms. The van der Waals surface area contributed by atoms with E-state index in [0.717, 1.165) is 26.7 Å². The molecule has 198 valence electrons. The quantitative estimate of drug-likeness (QED) is 0.205. The largest absolute Gasteiger partial charge is 0.481 e. The first-order valence-corrected chi connectivity index (χ1v) is 12.2. The Morgan fingerprint density at radius 3 is 0.909 bits per heavy atom. The van der Waals surface area contributed by atoms with Crippen LogP contribution in [0, 0.1) is 0 Å². The fourth-order valence-corrected chi connectivity index (χ4v) is 2.37. The summed E-state index contributed by atoms with van der Waals surface area (Å²) in [7, 11) is 0. The van der Waals surface area contributed by atoms with Crippen molar-refractivity contribution < 1.29 is 38.9 Å². The summed E-state index contributed by atoms with van der Waals surface area (Å²) in [6.07, 6.45) is 16.2. The van der Waals surface area contributed by atoms with Gasteiger partial charge >= 0.3 is 11.9 Å². The molecule has 8 nitrogen and oxygen atoms in total. The molecule has 0 atom stereocenters. The van der Waals surface area contributed by atoms with E-state index in [0.29, 0.717) is 13.2 Å². The lowest BCUT2D eigenvalue weighted by molar-refractivity contribution is -0.142. The highest BCUT2D eigenvalue weighted by atomic mass is 16.5. The van der Waals surface area contributed by atoms with E-state index in [4.69, 9.17) is 29.3 Å². The molecule has 0 amide bonds. The van der Waals surface area contributed by atoms with Crippen LogP contribution in [0.1, 0.15) is 125 Å². The number of hydrogen-bond acceptors (Lipinski definition) is 6. The SMILES string of the molecule is CC(=O)O.CC(=O)O.CCCCCCCCCOC(C)=O.CCCCCCCCOC(C)=O. The maximum absolute atomic E-state index is 10.4. The van der Waals surface area contributed by atoms with E-state index in [1.165, 1.54) is 84.5 Å². The molecule has 0 spiro atoms. The molecule has 2 N–H and O–H groups in total. The zero-order chi connectivity index (χ0) is 26.3. The molecule has 0 saturated heterocycles. The van der Waals surface area contributed by atoms with Gasteiger partial charge in [-0.2, -0.15) is 0 Å². The fourth-order valence-electron chi connectivity index (χ4n) is 2.37. The topological polar surface area (TPSA) is 127 Å². The maximum atomic E-state index is 10.4. The molecule has 0 unspecified atom stereocenters. The van der Waals surface area contributed by atoms with Crippen molar-refractivity contribution in [2.24, 2.45) is 0 Å². The molecule has 0 saturated carbocycles. The van der Waals surface area contributed by atoms with Gasteiger partial charge in [0.15, 0.2) is 0 Å². The molecular formula is C25H50O8. The highest BCUT2D eigenvalue weighted by Gasteiger charge is 1.94. The molecule has 0 radical (unpaired) electrons. The summed E-state index contributed by atoms with van der Waals surface area (Å²) in [6, 6.07) is 0. The number of aliphatic carboxylic acids is 2. The molecule has 0 aromatic carbocycles. The van der Waals surface area contributed by atoms with Gasteiger partial charge < -0.3 is 19.7 Å². The zero-order valence-electron chi connectivity index (χ0n) is 22.0. The number of esters is 2. The van der Waals surface area contributed by atoms with Crippen LogP contribution in [-0.2, 0) is 28.7 Å². The van der Waals surface area contributed by atoms with E-state index in [1.54, 1.807) is 0 Å². The fraction of sp³-hybridized carbons (Fsp3) is 0.840. The Labute approximate surface area is 201 Å². The van der Waals surface area contributed by atoms with Crippen molar-refractivity contribution >= 4 is 23.9 Å². The second kappa shape index (κ2) is 34.5. The van der Waals surface area contributed by atoms with Gasteiger partial charge in [0.05, 0.1) is 13.2 Å². The Morgan fingerprint density at radius 2 is 0.697 bits per heavy atom. The van der Waals surface area contributed by atoms with Crippen LogP contribution in [0.15, 0.2) is 0 Å². The van der Waals surface area contributed by atoms with Crippen LogP contribution >= 0.6 is 0 Å². The van der Waals surface area contributed by atoms with Gasteiger partial charge in [0.1, 0.15) is 0 Å². The molecule has 0 aromatic heterocycles. The van der Waals surface area contributed by atoms with Gasteiger partial charge in [0.25, 0.3) is 11.9 Å². The predicted octanol–water partition coefficient (Wildman–Crippen LogP) is 6.39. The number of carboxylic acids is 2. The molecular weight excluding hydrogens is 428 g/mol. The molecule has 0 aliphatic carbocycles. The van der Waals surface area contributed by atoms with Gasteiger partial charge in [0.2, 0.25) is 0 Å². The van der Waals surface area contributed by atoms with Gasteiger partial charge in [-0.25, -0.2) is 0 Å². The predicted molar refractivity (Wildman–Crippen MR) is 131 cm³/mol. The summed E-state index contributed by atoms with van der Waals surface area (Å²) >= 11 is 0. The minimum atomic E-state index is -0.833. The third-order valence-corrected chi connectivity index (χ3v) is 3.86. The van der Waals surface area contributed by atoms with E-state index < -0.39 is 11.9 Å². The molecule has 0 rings (SSSR count). The number of carboxylic acid groups (broad SMARTS) is 2. The molecule has 33 heavy (non-hydrogen) atoms. The summed E-state index contributed by atoms with van der Waals surface area (Å²) in [6.45, 7) is 10.7. The van der Waals surface area contributed by atoms with Crippen molar-refractivity contribution in [3.05, 3.63) is 0 Å². The van der Waals surface area contributed by atoms with Crippen LogP contribution in [0.5, 0.6) is 0 Å². The summed E-state index contributed by atoms with van der Waals surface area (Å²) in [5.41, 5.74) is 0. The number of unbranched alkanes of at least 4 members (excludes halogenated alkanes) is 11. The molecule has 0 aliphatic rings. The Bertz CT molecular complexity index is 430. The molecule has 0 bridgehead atoms. The van der Waals surface area contributed by atoms with Crippen molar-refractivity contribution in [1.29, 1.82) is 0 Å². The molecule has 0 aliphatic heterocycles. The number of carbonyl (C=O) groups is 4. The molecule has 0 fully saturated rings. The Morgan fingerprint density at radius 1 is 0.485 bits per heavy atom. The van der Waals surface area contributed by atoms with Gasteiger partial charge in [-0.1, -0.05) is 84.5 Å². The average molecular weight is 479 g/mol. The van der Waals surface area contributed by atoms with E-state index in [2.05, 4.69) is 13.8 Å². The summed E-state index contributed by atoms with van der Waals surface area (Å²) in [5.74, 6) is -1.99. The Kier molecular flexibility index (Phi) is 39.9. The lowest BCUT2D eigenvalue weighted by Gasteiger charge is -2.01. The van der Waals surface area contributed by atoms with Crippen molar-refractivity contribution in [3.8, 4) is 0 Å². The van der Waals surface area contributed by atoms with Crippen LogP contribution < -0.4 is 0 Å². The van der Waals surface area contributed by atoms with Crippen LogP contribution in [0.2, 0.25) is 0 Å². The van der Waals surface area contributed by atoms with E-state index in [9.17, 15) is 9.59 Å². The second-order valence-corrected chi connectivity index (χ2v) is 7.61. The van der Waals surface area contributed by atoms with Gasteiger partial charge in [-0.05, 0) is 12.8 Å². The van der Waals surface area contributed by atoms with Crippen molar-refractivity contribution in [2.75, 3.05) is 13.2 Å². The smallest absolute Gasteiger partial charge is 0.302 e. The number of carbonyl (C=O) groups excluding carboxylic acids is 2. The maximum Gasteiger partial charge on any atom is 0.302 e. The normalized spacial score (nSPS) is 9.03. The van der Waals surface area contributed by atoms with Crippen LogP contribution in [0.3, 0.4) is 0 Å². The van der Waals surface area contributed by atoms with Gasteiger partial charge in [-0.3, -0.25) is 19.2 Å². The van der Waals surface area contributed by atoms with Crippen molar-refractivity contribution in [1.82, 2.24) is 0 Å². The van der Waals surface area contributed by atoms with Crippen LogP contribution in [0.25, 0.3) is 0 Å². The first kappa shape index (κ1) is 38.2. The number of hydrogen-bond donors (Lipinski definition) is 2. The highest BCUT2D eigenvalue weighted by molar-refractivity contribution is 5.66. The van der Waals surface area contributed by atoms with Crippen molar-refractivity contribution in [3.63, 3.8) is 0 Å². The monoisotopic (exact) mass is 478 g/mol. The Hall–Kier alpha value is -2.12. The minimum absolute atomic E-state index is 0.161. The molecule has 0 aromatic rings. The van der Waals surface area contributed by atoms with E-state index in [1.807, 2.05) is 0 Å². The van der Waals surface area contributed by atoms with Gasteiger partial charge in [0, 0.05) is 27.7 Å². The second-order valence-electron chi connectivity index (χ2n) is 7.61. The van der Waals surface area contributed by atoms with E-state index >= 15 is 0 Å². The van der Waals surface area contributed by atoms with Crippen LogP contribution in [-0.4, -0.2) is 47.3 Å². The van der Waals surface area contributed by atoms with E-state index in [-0.39, 0.29) is 11.9 Å².